The molecule has 1 aromatic carbocycles. The molecule has 0 amide bonds. The molecule has 2 rings (SSSR count). The molecule has 1 aliphatic heterocycles. The minimum absolute atomic E-state index is 0.234. The lowest BCUT2D eigenvalue weighted by molar-refractivity contribution is 0.147. The van der Waals surface area contributed by atoms with Gasteiger partial charge < -0.3 is 5.32 Å². The van der Waals surface area contributed by atoms with Crippen LogP contribution in [0.25, 0.3) is 0 Å². The predicted octanol–water partition coefficient (Wildman–Crippen LogP) is 1.74. The average molecular weight is 226 g/mol. The van der Waals surface area contributed by atoms with Crippen LogP contribution in [0.4, 0.5) is 8.78 Å². The van der Waals surface area contributed by atoms with Crippen LogP contribution in [0.2, 0.25) is 0 Å². The minimum atomic E-state index is -0.425. The molecule has 1 atom stereocenters. The summed E-state index contributed by atoms with van der Waals surface area (Å²) in [6.45, 7) is 3.03. The Hall–Kier alpha value is -1.00. The molecule has 1 fully saturated rings. The van der Waals surface area contributed by atoms with E-state index in [-0.39, 0.29) is 11.9 Å². The largest absolute Gasteiger partial charge is 0.314 e. The Labute approximate surface area is 94.3 Å². The van der Waals surface area contributed by atoms with E-state index in [9.17, 15) is 8.78 Å². The first-order valence-electron chi connectivity index (χ1n) is 5.57. The summed E-state index contributed by atoms with van der Waals surface area (Å²) in [6, 6.07) is 5.88. The standard InChI is InChI=1S/C12H16F2N2/c13-9-12(16-7-5-15-6-8-16)10-1-3-11(14)4-2-10/h1-4,12,15H,5-9H2/t12-/m1/s1. The van der Waals surface area contributed by atoms with Gasteiger partial charge in [-0.05, 0) is 17.7 Å². The van der Waals surface area contributed by atoms with Gasteiger partial charge in [-0.2, -0.15) is 0 Å². The maximum atomic E-state index is 13.1. The van der Waals surface area contributed by atoms with Crippen LogP contribution in [0.15, 0.2) is 24.3 Å². The van der Waals surface area contributed by atoms with Crippen LogP contribution in [-0.2, 0) is 0 Å². The van der Waals surface area contributed by atoms with E-state index in [1.807, 2.05) is 0 Å². The highest BCUT2D eigenvalue weighted by Crippen LogP contribution is 2.21. The normalized spacial score (nSPS) is 19.6. The van der Waals surface area contributed by atoms with Crippen molar-refractivity contribution in [3.05, 3.63) is 35.6 Å². The molecule has 1 saturated heterocycles. The summed E-state index contributed by atoms with van der Waals surface area (Å²) in [5.41, 5.74) is 0.853. The average Bonchev–Trinajstić information content (AvgIpc) is 2.34. The van der Waals surface area contributed by atoms with Crippen molar-refractivity contribution < 1.29 is 8.78 Å². The fourth-order valence-corrected chi connectivity index (χ4v) is 2.08. The lowest BCUT2D eigenvalue weighted by Crippen LogP contribution is -2.45. The van der Waals surface area contributed by atoms with Crippen LogP contribution in [0.1, 0.15) is 11.6 Å². The van der Waals surface area contributed by atoms with E-state index in [0.717, 1.165) is 31.7 Å². The molecule has 0 bridgehead atoms. The van der Waals surface area contributed by atoms with Gasteiger partial charge in [0.1, 0.15) is 12.5 Å². The lowest BCUT2D eigenvalue weighted by Gasteiger charge is -2.33. The third-order valence-electron chi connectivity index (χ3n) is 2.99. The maximum absolute atomic E-state index is 13.1. The van der Waals surface area contributed by atoms with Crippen LogP contribution in [0.3, 0.4) is 0 Å². The molecule has 4 heteroatoms. The second-order valence-electron chi connectivity index (χ2n) is 4.01. The Balaban J connectivity index is 2.11. The van der Waals surface area contributed by atoms with E-state index in [4.69, 9.17) is 0 Å². The van der Waals surface area contributed by atoms with Gasteiger partial charge in [-0.3, -0.25) is 4.90 Å². The number of rotatable bonds is 3. The summed E-state index contributed by atoms with van der Waals surface area (Å²) in [5.74, 6) is -0.276. The van der Waals surface area contributed by atoms with Crippen molar-refractivity contribution in [3.8, 4) is 0 Å². The molecule has 0 saturated carbocycles. The van der Waals surface area contributed by atoms with Crippen molar-refractivity contribution in [2.75, 3.05) is 32.9 Å². The second-order valence-corrected chi connectivity index (χ2v) is 4.01. The number of halogens is 2. The summed E-state index contributed by atoms with van der Waals surface area (Å²) < 4.78 is 25.9. The van der Waals surface area contributed by atoms with Gasteiger partial charge in [0.15, 0.2) is 0 Å². The number of hydrogen-bond acceptors (Lipinski definition) is 2. The molecule has 16 heavy (non-hydrogen) atoms. The topological polar surface area (TPSA) is 15.3 Å². The van der Waals surface area contributed by atoms with Crippen molar-refractivity contribution >= 4 is 0 Å². The molecule has 0 aliphatic carbocycles. The molecule has 0 aromatic heterocycles. The van der Waals surface area contributed by atoms with Gasteiger partial charge in [0.2, 0.25) is 0 Å². The zero-order valence-corrected chi connectivity index (χ0v) is 9.13. The minimum Gasteiger partial charge on any atom is -0.314 e. The van der Waals surface area contributed by atoms with Crippen molar-refractivity contribution in [1.29, 1.82) is 0 Å². The Morgan fingerprint density at radius 1 is 1.19 bits per heavy atom. The van der Waals surface area contributed by atoms with Gasteiger partial charge in [0.25, 0.3) is 0 Å². The number of alkyl halides is 1. The lowest BCUT2D eigenvalue weighted by atomic mass is 10.1. The van der Waals surface area contributed by atoms with Crippen LogP contribution in [-0.4, -0.2) is 37.8 Å². The molecular weight excluding hydrogens is 210 g/mol. The summed E-state index contributed by atoms with van der Waals surface area (Å²) in [5, 5.41) is 3.23. The predicted molar refractivity (Wildman–Crippen MR) is 59.6 cm³/mol. The van der Waals surface area contributed by atoms with Crippen LogP contribution < -0.4 is 5.32 Å². The molecule has 2 nitrogen and oxygen atoms in total. The fourth-order valence-electron chi connectivity index (χ4n) is 2.08. The number of hydrogen-bond donors (Lipinski definition) is 1. The first-order chi connectivity index (χ1) is 7.81. The number of nitrogens with one attached hydrogen (secondary N) is 1. The van der Waals surface area contributed by atoms with E-state index in [0.29, 0.717) is 0 Å². The van der Waals surface area contributed by atoms with Gasteiger partial charge >= 0.3 is 0 Å². The van der Waals surface area contributed by atoms with Gasteiger partial charge in [-0.15, -0.1) is 0 Å². The molecule has 0 unspecified atom stereocenters. The Morgan fingerprint density at radius 3 is 2.38 bits per heavy atom. The Morgan fingerprint density at radius 2 is 1.81 bits per heavy atom. The summed E-state index contributed by atoms with van der Waals surface area (Å²) in [6.07, 6.45) is 0. The van der Waals surface area contributed by atoms with Gasteiger partial charge in [0, 0.05) is 26.2 Å². The third kappa shape index (κ3) is 2.57. The number of piperazine rings is 1. The molecule has 0 spiro atoms. The molecular formula is C12H16F2N2. The van der Waals surface area contributed by atoms with Gasteiger partial charge in [-0.25, -0.2) is 8.78 Å². The van der Waals surface area contributed by atoms with Crippen LogP contribution >= 0.6 is 0 Å². The fraction of sp³-hybridized carbons (Fsp3) is 0.500. The first kappa shape index (κ1) is 11.5. The Kier molecular flexibility index (Phi) is 3.85. The quantitative estimate of drug-likeness (QED) is 0.844. The van der Waals surface area contributed by atoms with Crippen molar-refractivity contribution in [2.24, 2.45) is 0 Å². The van der Waals surface area contributed by atoms with E-state index >= 15 is 0 Å². The van der Waals surface area contributed by atoms with E-state index < -0.39 is 6.67 Å². The van der Waals surface area contributed by atoms with Gasteiger partial charge in [-0.1, -0.05) is 12.1 Å². The highest BCUT2D eigenvalue weighted by Gasteiger charge is 2.21. The number of benzene rings is 1. The number of nitrogens with zero attached hydrogens (tertiary/aromatic N) is 1. The maximum Gasteiger partial charge on any atom is 0.123 e. The molecule has 0 radical (unpaired) electrons. The zero-order chi connectivity index (χ0) is 11.4. The third-order valence-corrected chi connectivity index (χ3v) is 2.99. The van der Waals surface area contributed by atoms with Crippen LogP contribution in [0, 0.1) is 5.82 Å². The molecule has 1 aliphatic rings. The summed E-state index contributed by atoms with van der Waals surface area (Å²) >= 11 is 0. The summed E-state index contributed by atoms with van der Waals surface area (Å²) in [4.78, 5) is 2.10. The molecule has 1 N–H and O–H groups in total. The van der Waals surface area contributed by atoms with Crippen molar-refractivity contribution in [2.45, 2.75) is 6.04 Å². The Bertz CT molecular complexity index is 320. The van der Waals surface area contributed by atoms with E-state index in [2.05, 4.69) is 10.2 Å². The van der Waals surface area contributed by atoms with Gasteiger partial charge in [0.05, 0.1) is 6.04 Å². The second kappa shape index (κ2) is 5.37. The van der Waals surface area contributed by atoms with Crippen molar-refractivity contribution in [1.82, 2.24) is 10.2 Å². The molecule has 1 aromatic rings. The highest BCUT2D eigenvalue weighted by molar-refractivity contribution is 5.20. The smallest absolute Gasteiger partial charge is 0.123 e. The molecule has 1 heterocycles. The van der Waals surface area contributed by atoms with Crippen molar-refractivity contribution in [3.63, 3.8) is 0 Å². The zero-order valence-electron chi connectivity index (χ0n) is 9.13. The SMILES string of the molecule is FC[C@H](c1ccc(F)cc1)N1CCNCC1. The van der Waals surface area contributed by atoms with E-state index in [1.54, 1.807) is 12.1 Å². The monoisotopic (exact) mass is 226 g/mol. The first-order valence-corrected chi connectivity index (χ1v) is 5.57. The summed E-state index contributed by atoms with van der Waals surface area (Å²) in [7, 11) is 0. The highest BCUT2D eigenvalue weighted by atomic mass is 19.1. The molecule has 88 valence electrons. The van der Waals surface area contributed by atoms with Crippen LogP contribution in [0.5, 0.6) is 0 Å². The van der Waals surface area contributed by atoms with E-state index in [1.165, 1.54) is 12.1 Å².